The highest BCUT2D eigenvalue weighted by Crippen LogP contribution is 2.46. The van der Waals surface area contributed by atoms with Crippen molar-refractivity contribution in [2.45, 2.75) is 65.6 Å². The minimum Gasteiger partial charge on any atom is -0.417 e. The molecule has 0 radical (unpaired) electrons. The van der Waals surface area contributed by atoms with Crippen LogP contribution in [0.1, 0.15) is 47.5 Å². The second-order valence-corrected chi connectivity index (χ2v) is 12.6. The highest BCUT2D eigenvalue weighted by molar-refractivity contribution is 6.74. The monoisotopic (exact) mass is 307 g/mol. The van der Waals surface area contributed by atoms with E-state index in [1.165, 1.54) is 12.0 Å². The van der Waals surface area contributed by atoms with Gasteiger partial charge in [0.1, 0.15) is 0 Å². The Kier molecular flexibility index (Phi) is 6.18. The van der Waals surface area contributed by atoms with Crippen molar-refractivity contribution in [1.29, 1.82) is 0 Å². The standard InChI is InChI=1S/C18H33NOSi/c1-9-15(3)19-13-14(2)17-12-16(17)10-11-20-21(7,8)18(4,5)6/h9,13,16-17H,2,10-12H2,1,3-8H3/b15-9-,19-13?/t16-,17+/m0/s1. The second-order valence-electron chi connectivity index (χ2n) is 7.76. The Hall–Kier alpha value is -0.673. The molecule has 21 heavy (non-hydrogen) atoms. The van der Waals surface area contributed by atoms with E-state index >= 15 is 0 Å². The van der Waals surface area contributed by atoms with E-state index in [1.807, 2.05) is 26.1 Å². The van der Waals surface area contributed by atoms with E-state index in [1.54, 1.807) is 0 Å². The van der Waals surface area contributed by atoms with Crippen molar-refractivity contribution in [2.75, 3.05) is 6.61 Å². The van der Waals surface area contributed by atoms with Gasteiger partial charge < -0.3 is 4.43 Å². The molecule has 0 heterocycles. The van der Waals surface area contributed by atoms with Gasteiger partial charge in [-0.3, -0.25) is 4.99 Å². The van der Waals surface area contributed by atoms with Crippen molar-refractivity contribution >= 4 is 14.5 Å². The third-order valence-corrected chi connectivity index (χ3v) is 9.55. The summed E-state index contributed by atoms with van der Waals surface area (Å²) in [4.78, 5) is 4.40. The summed E-state index contributed by atoms with van der Waals surface area (Å²) in [5.41, 5.74) is 2.23. The molecule has 1 fully saturated rings. The minimum absolute atomic E-state index is 0.302. The van der Waals surface area contributed by atoms with Crippen LogP contribution < -0.4 is 0 Å². The number of hydrogen-bond donors (Lipinski definition) is 0. The number of allylic oxidation sites excluding steroid dienone is 3. The molecular weight excluding hydrogens is 274 g/mol. The molecule has 0 aliphatic heterocycles. The van der Waals surface area contributed by atoms with Gasteiger partial charge in [0.05, 0.1) is 0 Å². The van der Waals surface area contributed by atoms with Crippen LogP contribution >= 0.6 is 0 Å². The van der Waals surface area contributed by atoms with E-state index in [2.05, 4.69) is 45.4 Å². The fourth-order valence-corrected chi connectivity index (χ4v) is 3.12. The molecule has 2 nitrogen and oxygen atoms in total. The van der Waals surface area contributed by atoms with E-state index in [-0.39, 0.29) is 0 Å². The fraction of sp³-hybridized carbons (Fsp3) is 0.722. The van der Waals surface area contributed by atoms with Crippen LogP contribution in [0.4, 0.5) is 0 Å². The normalized spacial score (nSPS) is 23.7. The van der Waals surface area contributed by atoms with Gasteiger partial charge in [0.15, 0.2) is 8.32 Å². The number of nitrogens with zero attached hydrogens (tertiary/aromatic N) is 1. The largest absolute Gasteiger partial charge is 0.417 e. The van der Waals surface area contributed by atoms with Crippen molar-refractivity contribution < 1.29 is 4.43 Å². The molecule has 0 N–H and O–H groups in total. The van der Waals surface area contributed by atoms with E-state index in [0.29, 0.717) is 11.0 Å². The average Bonchev–Trinajstić information content (AvgIpc) is 3.13. The molecule has 1 aliphatic rings. The maximum Gasteiger partial charge on any atom is 0.191 e. The van der Waals surface area contributed by atoms with Crippen molar-refractivity contribution in [2.24, 2.45) is 16.8 Å². The summed E-state index contributed by atoms with van der Waals surface area (Å²) < 4.78 is 6.25. The van der Waals surface area contributed by atoms with Crippen LogP contribution in [0.15, 0.2) is 28.9 Å². The Morgan fingerprint density at radius 1 is 1.38 bits per heavy atom. The molecule has 1 rings (SSSR count). The summed E-state index contributed by atoms with van der Waals surface area (Å²) in [6, 6.07) is 0. The zero-order chi connectivity index (χ0) is 16.3. The summed E-state index contributed by atoms with van der Waals surface area (Å²) in [7, 11) is -1.58. The van der Waals surface area contributed by atoms with Gasteiger partial charge in [-0.15, -0.1) is 0 Å². The highest BCUT2D eigenvalue weighted by atomic mass is 28.4. The lowest BCUT2D eigenvalue weighted by Crippen LogP contribution is -2.41. The Morgan fingerprint density at radius 2 is 2.00 bits per heavy atom. The Labute approximate surface area is 132 Å². The van der Waals surface area contributed by atoms with Gasteiger partial charge >= 0.3 is 0 Å². The molecule has 2 atom stereocenters. The molecule has 0 aromatic heterocycles. The highest BCUT2D eigenvalue weighted by Gasteiger charge is 2.40. The zero-order valence-electron chi connectivity index (χ0n) is 15.0. The van der Waals surface area contributed by atoms with Crippen LogP contribution in [0.3, 0.4) is 0 Å². The average molecular weight is 308 g/mol. The molecule has 0 aromatic carbocycles. The van der Waals surface area contributed by atoms with Gasteiger partial charge in [-0.05, 0) is 62.2 Å². The molecule has 120 valence electrons. The van der Waals surface area contributed by atoms with Crippen LogP contribution in [0.2, 0.25) is 18.1 Å². The Balaban J connectivity index is 2.32. The summed E-state index contributed by atoms with van der Waals surface area (Å²) in [6.45, 7) is 20.6. The number of hydrogen-bond acceptors (Lipinski definition) is 2. The van der Waals surface area contributed by atoms with Crippen molar-refractivity contribution in [3.8, 4) is 0 Å². The van der Waals surface area contributed by atoms with Crippen LogP contribution in [-0.2, 0) is 4.43 Å². The number of aliphatic imine (C=N–C) groups is 1. The van der Waals surface area contributed by atoms with Gasteiger partial charge in [-0.25, -0.2) is 0 Å². The lowest BCUT2D eigenvalue weighted by atomic mass is 10.1. The molecule has 0 amide bonds. The van der Waals surface area contributed by atoms with Crippen LogP contribution in [0, 0.1) is 11.8 Å². The van der Waals surface area contributed by atoms with Gasteiger partial charge in [-0.1, -0.05) is 33.4 Å². The van der Waals surface area contributed by atoms with Crippen molar-refractivity contribution in [1.82, 2.24) is 0 Å². The van der Waals surface area contributed by atoms with E-state index in [4.69, 9.17) is 4.43 Å². The summed E-state index contributed by atoms with van der Waals surface area (Å²) in [6.07, 6.45) is 6.36. The van der Waals surface area contributed by atoms with Crippen LogP contribution in [0.5, 0.6) is 0 Å². The lowest BCUT2D eigenvalue weighted by molar-refractivity contribution is 0.273. The molecule has 0 aromatic rings. The Bertz CT molecular complexity index is 429. The SMILES string of the molecule is C=C(C=N/C(C)=C\C)[C@H]1C[C@@H]1CCO[Si](C)(C)C(C)(C)C. The first-order valence-electron chi connectivity index (χ1n) is 8.08. The molecule has 0 bridgehead atoms. The first-order valence-corrected chi connectivity index (χ1v) is 11.0. The molecule has 1 aliphatic carbocycles. The molecule has 3 heteroatoms. The molecule has 0 saturated heterocycles. The zero-order valence-corrected chi connectivity index (χ0v) is 16.0. The lowest BCUT2D eigenvalue weighted by Gasteiger charge is -2.36. The summed E-state index contributed by atoms with van der Waals surface area (Å²) in [5.74, 6) is 1.38. The fourth-order valence-electron chi connectivity index (χ4n) is 2.06. The van der Waals surface area contributed by atoms with Crippen LogP contribution in [-0.4, -0.2) is 21.1 Å². The Morgan fingerprint density at radius 3 is 2.52 bits per heavy atom. The maximum atomic E-state index is 6.25. The van der Waals surface area contributed by atoms with Gasteiger partial charge in [0, 0.05) is 18.5 Å². The third kappa shape index (κ3) is 5.55. The minimum atomic E-state index is -1.58. The van der Waals surface area contributed by atoms with Crippen molar-refractivity contribution in [3.63, 3.8) is 0 Å². The van der Waals surface area contributed by atoms with Gasteiger partial charge in [-0.2, -0.15) is 0 Å². The predicted molar refractivity (Wildman–Crippen MR) is 96.4 cm³/mol. The van der Waals surface area contributed by atoms with Gasteiger partial charge in [0.25, 0.3) is 0 Å². The third-order valence-electron chi connectivity index (χ3n) is 5.01. The van der Waals surface area contributed by atoms with Crippen LogP contribution in [0.25, 0.3) is 0 Å². The quantitative estimate of drug-likeness (QED) is 0.444. The summed E-state index contributed by atoms with van der Waals surface area (Å²) in [5, 5.41) is 0.302. The first kappa shape index (κ1) is 18.4. The summed E-state index contributed by atoms with van der Waals surface area (Å²) >= 11 is 0. The van der Waals surface area contributed by atoms with E-state index < -0.39 is 8.32 Å². The number of rotatable bonds is 7. The maximum absolute atomic E-state index is 6.25. The molecule has 0 spiro atoms. The topological polar surface area (TPSA) is 21.6 Å². The smallest absolute Gasteiger partial charge is 0.191 e. The second kappa shape index (κ2) is 7.06. The predicted octanol–water partition coefficient (Wildman–Crippen LogP) is 5.59. The molecule has 0 unspecified atom stereocenters. The van der Waals surface area contributed by atoms with E-state index in [9.17, 15) is 0 Å². The molecule has 1 saturated carbocycles. The van der Waals surface area contributed by atoms with E-state index in [0.717, 1.165) is 24.6 Å². The first-order chi connectivity index (χ1) is 9.58. The van der Waals surface area contributed by atoms with Gasteiger partial charge in [0.2, 0.25) is 0 Å². The van der Waals surface area contributed by atoms with Crippen molar-refractivity contribution in [3.05, 3.63) is 23.9 Å². The molecular formula is C18H33NOSi.